The van der Waals surface area contributed by atoms with Crippen LogP contribution >= 0.6 is 0 Å². The second kappa shape index (κ2) is 6.20. The molecule has 2 atom stereocenters. The van der Waals surface area contributed by atoms with Gasteiger partial charge in [0.25, 0.3) is 0 Å². The van der Waals surface area contributed by atoms with Crippen LogP contribution in [0.1, 0.15) is 11.1 Å². The predicted molar refractivity (Wildman–Crippen MR) is 83.2 cm³/mol. The summed E-state index contributed by atoms with van der Waals surface area (Å²) in [5, 5.41) is 29.0. The number of rotatable bonds is 4. The van der Waals surface area contributed by atoms with E-state index in [4.69, 9.17) is 4.74 Å². The molecule has 0 bridgehead atoms. The Hall–Kier alpha value is -2.69. The van der Waals surface area contributed by atoms with Gasteiger partial charge in [-0.25, -0.2) is 0 Å². The van der Waals surface area contributed by atoms with E-state index in [0.29, 0.717) is 25.0 Å². The number of ether oxygens (including phenoxy) is 1. The van der Waals surface area contributed by atoms with Gasteiger partial charge in [-0.2, -0.15) is 0 Å². The average molecular weight is 314 g/mol. The van der Waals surface area contributed by atoms with Gasteiger partial charge in [0.1, 0.15) is 17.2 Å². The second-order valence-corrected chi connectivity index (χ2v) is 5.89. The monoisotopic (exact) mass is 314 g/mol. The first-order valence-electron chi connectivity index (χ1n) is 7.48. The Morgan fingerprint density at radius 3 is 2.57 bits per heavy atom. The van der Waals surface area contributed by atoms with Crippen LogP contribution < -0.4 is 0 Å². The van der Waals surface area contributed by atoms with Gasteiger partial charge in [-0.15, -0.1) is 0 Å². The SMILES string of the molecule is O=C1OC[C@@H](Cc2cccc(O)c2)[C@@H]1Cc1cc(O)ccc1O. The largest absolute Gasteiger partial charge is 0.508 e. The minimum atomic E-state index is -0.384. The van der Waals surface area contributed by atoms with Crippen molar-refractivity contribution in [1.82, 2.24) is 0 Å². The summed E-state index contributed by atoms with van der Waals surface area (Å²) >= 11 is 0. The number of esters is 1. The predicted octanol–water partition coefficient (Wildman–Crippen LogP) is 2.38. The van der Waals surface area contributed by atoms with Crippen LogP contribution in [0.3, 0.4) is 0 Å². The first-order chi connectivity index (χ1) is 11.0. The zero-order valence-electron chi connectivity index (χ0n) is 12.5. The molecule has 23 heavy (non-hydrogen) atoms. The minimum absolute atomic E-state index is 0.0361. The van der Waals surface area contributed by atoms with Crippen LogP contribution in [0.15, 0.2) is 42.5 Å². The van der Waals surface area contributed by atoms with E-state index < -0.39 is 0 Å². The Labute approximate surface area is 133 Å². The highest BCUT2D eigenvalue weighted by atomic mass is 16.5. The van der Waals surface area contributed by atoms with Crippen molar-refractivity contribution in [2.45, 2.75) is 12.8 Å². The number of carbonyl (C=O) groups is 1. The Morgan fingerprint density at radius 2 is 1.78 bits per heavy atom. The number of benzene rings is 2. The second-order valence-electron chi connectivity index (χ2n) is 5.89. The van der Waals surface area contributed by atoms with Crippen LogP contribution in [-0.2, 0) is 22.4 Å². The number of hydrogen-bond acceptors (Lipinski definition) is 5. The minimum Gasteiger partial charge on any atom is -0.508 e. The van der Waals surface area contributed by atoms with Gasteiger partial charge in [-0.3, -0.25) is 4.79 Å². The van der Waals surface area contributed by atoms with Crippen LogP contribution in [0, 0.1) is 11.8 Å². The molecule has 0 aromatic heterocycles. The highest BCUT2D eigenvalue weighted by Gasteiger charge is 2.37. The van der Waals surface area contributed by atoms with Crippen molar-refractivity contribution in [1.29, 1.82) is 0 Å². The zero-order chi connectivity index (χ0) is 16.4. The first-order valence-corrected chi connectivity index (χ1v) is 7.48. The number of hydrogen-bond donors (Lipinski definition) is 3. The molecule has 0 spiro atoms. The molecule has 0 amide bonds. The summed E-state index contributed by atoms with van der Waals surface area (Å²) in [5.74, 6) is -0.420. The van der Waals surface area contributed by atoms with Crippen molar-refractivity contribution in [3.05, 3.63) is 53.6 Å². The van der Waals surface area contributed by atoms with Crippen molar-refractivity contribution in [2.75, 3.05) is 6.61 Å². The first kappa shape index (κ1) is 15.2. The summed E-state index contributed by atoms with van der Waals surface area (Å²) in [6.45, 7) is 0.318. The third-order valence-corrected chi connectivity index (χ3v) is 4.22. The lowest BCUT2D eigenvalue weighted by Crippen LogP contribution is -2.20. The molecule has 5 nitrogen and oxygen atoms in total. The van der Waals surface area contributed by atoms with E-state index in [-0.39, 0.29) is 35.1 Å². The highest BCUT2D eigenvalue weighted by Crippen LogP contribution is 2.33. The summed E-state index contributed by atoms with van der Waals surface area (Å²) < 4.78 is 5.18. The lowest BCUT2D eigenvalue weighted by Gasteiger charge is -2.16. The zero-order valence-corrected chi connectivity index (χ0v) is 12.5. The summed E-state index contributed by atoms with van der Waals surface area (Å²) in [4.78, 5) is 12.0. The highest BCUT2D eigenvalue weighted by molar-refractivity contribution is 5.75. The maximum absolute atomic E-state index is 12.0. The average Bonchev–Trinajstić information content (AvgIpc) is 2.84. The summed E-state index contributed by atoms with van der Waals surface area (Å²) in [6.07, 6.45) is 0.910. The maximum Gasteiger partial charge on any atom is 0.309 e. The number of phenolic OH excluding ortho intramolecular Hbond substituents is 3. The van der Waals surface area contributed by atoms with Gasteiger partial charge < -0.3 is 20.1 Å². The van der Waals surface area contributed by atoms with Gasteiger partial charge in [0, 0.05) is 5.92 Å². The quantitative estimate of drug-likeness (QED) is 0.596. The van der Waals surface area contributed by atoms with E-state index in [1.807, 2.05) is 6.07 Å². The fraction of sp³-hybridized carbons (Fsp3) is 0.278. The number of aromatic hydroxyl groups is 3. The van der Waals surface area contributed by atoms with E-state index in [1.165, 1.54) is 18.2 Å². The van der Waals surface area contributed by atoms with Crippen molar-refractivity contribution >= 4 is 5.97 Å². The maximum atomic E-state index is 12.0. The van der Waals surface area contributed by atoms with Crippen LogP contribution in [-0.4, -0.2) is 27.9 Å². The normalized spacial score (nSPS) is 20.4. The fourth-order valence-electron chi connectivity index (χ4n) is 3.01. The molecular weight excluding hydrogens is 296 g/mol. The Kier molecular flexibility index (Phi) is 4.10. The van der Waals surface area contributed by atoms with Crippen molar-refractivity contribution in [3.8, 4) is 17.2 Å². The molecular formula is C18H18O5. The van der Waals surface area contributed by atoms with Crippen molar-refractivity contribution < 1.29 is 24.9 Å². The topological polar surface area (TPSA) is 87.0 Å². The molecule has 1 aliphatic rings. The summed E-state index contributed by atoms with van der Waals surface area (Å²) in [5.41, 5.74) is 1.45. The Bertz CT molecular complexity index is 725. The van der Waals surface area contributed by atoms with Gasteiger partial charge in [0.2, 0.25) is 0 Å². The smallest absolute Gasteiger partial charge is 0.309 e. The van der Waals surface area contributed by atoms with Crippen LogP contribution in [0.25, 0.3) is 0 Å². The molecule has 3 N–H and O–H groups in total. The molecule has 1 aliphatic heterocycles. The molecule has 1 heterocycles. The van der Waals surface area contributed by atoms with Gasteiger partial charge in [-0.05, 0) is 54.3 Å². The lowest BCUT2D eigenvalue weighted by atomic mass is 9.85. The number of phenols is 3. The van der Waals surface area contributed by atoms with Crippen molar-refractivity contribution in [3.63, 3.8) is 0 Å². The van der Waals surface area contributed by atoms with Crippen molar-refractivity contribution in [2.24, 2.45) is 11.8 Å². The number of carbonyl (C=O) groups excluding carboxylic acids is 1. The van der Waals surface area contributed by atoms with Gasteiger partial charge in [-0.1, -0.05) is 12.1 Å². The van der Waals surface area contributed by atoms with Gasteiger partial charge in [0.15, 0.2) is 0 Å². The van der Waals surface area contributed by atoms with E-state index >= 15 is 0 Å². The Morgan fingerprint density at radius 1 is 1.00 bits per heavy atom. The van der Waals surface area contributed by atoms with Crippen LogP contribution in [0.5, 0.6) is 17.2 Å². The molecule has 0 radical (unpaired) electrons. The molecule has 120 valence electrons. The van der Waals surface area contributed by atoms with E-state index in [9.17, 15) is 20.1 Å². The molecule has 2 aromatic rings. The standard InChI is InChI=1S/C18H18O5/c19-14-3-1-2-11(7-14)6-13-10-23-18(22)16(13)9-12-8-15(20)4-5-17(12)21/h1-5,7-8,13,16,19-21H,6,9-10H2/t13-,16+/m1/s1. The molecule has 1 saturated heterocycles. The van der Waals surface area contributed by atoms with E-state index in [0.717, 1.165) is 5.56 Å². The van der Waals surface area contributed by atoms with Gasteiger partial charge in [0.05, 0.1) is 12.5 Å². The molecule has 3 rings (SSSR count). The molecule has 0 saturated carbocycles. The number of cyclic esters (lactones) is 1. The van der Waals surface area contributed by atoms with E-state index in [1.54, 1.807) is 18.2 Å². The van der Waals surface area contributed by atoms with Crippen LogP contribution in [0.4, 0.5) is 0 Å². The van der Waals surface area contributed by atoms with Gasteiger partial charge >= 0.3 is 5.97 Å². The molecule has 2 aromatic carbocycles. The molecule has 1 fully saturated rings. The molecule has 0 aliphatic carbocycles. The Balaban J connectivity index is 1.78. The summed E-state index contributed by atoms with van der Waals surface area (Å²) in [6, 6.07) is 11.2. The molecule has 5 heteroatoms. The van der Waals surface area contributed by atoms with E-state index in [2.05, 4.69) is 0 Å². The molecule has 0 unspecified atom stereocenters. The van der Waals surface area contributed by atoms with Crippen LogP contribution in [0.2, 0.25) is 0 Å². The fourth-order valence-corrected chi connectivity index (χ4v) is 3.01. The third-order valence-electron chi connectivity index (χ3n) is 4.22. The lowest BCUT2D eigenvalue weighted by molar-refractivity contribution is -0.141. The summed E-state index contributed by atoms with van der Waals surface area (Å²) in [7, 11) is 0. The third kappa shape index (κ3) is 3.39.